The van der Waals surface area contributed by atoms with Crippen molar-refractivity contribution in [3.05, 3.63) is 39.5 Å². The summed E-state index contributed by atoms with van der Waals surface area (Å²) in [6.07, 6.45) is 1.90. The van der Waals surface area contributed by atoms with E-state index in [0.29, 0.717) is 22.6 Å². The molecule has 1 aliphatic heterocycles. The molecule has 1 aromatic rings. The zero-order valence-corrected chi connectivity index (χ0v) is 15.3. The number of carbonyl (C=O) groups is 2. The van der Waals surface area contributed by atoms with E-state index >= 15 is 0 Å². The van der Waals surface area contributed by atoms with E-state index in [1.54, 1.807) is 25.0 Å². The molecular formula is C17H19BrN2O4. The van der Waals surface area contributed by atoms with E-state index in [9.17, 15) is 9.59 Å². The predicted molar refractivity (Wildman–Crippen MR) is 91.5 cm³/mol. The van der Waals surface area contributed by atoms with Gasteiger partial charge in [0.25, 0.3) is 0 Å². The van der Waals surface area contributed by atoms with E-state index in [1.807, 2.05) is 12.1 Å². The topological polar surface area (TPSA) is 67.9 Å². The molecule has 7 heteroatoms. The largest absolute Gasteiger partial charge is 0.496 e. The molecule has 24 heavy (non-hydrogen) atoms. The first-order chi connectivity index (χ1) is 11.5. The van der Waals surface area contributed by atoms with Crippen molar-refractivity contribution in [1.82, 2.24) is 10.2 Å². The summed E-state index contributed by atoms with van der Waals surface area (Å²) in [6, 6.07) is 4.82. The van der Waals surface area contributed by atoms with Crippen LogP contribution in [0.25, 0.3) is 0 Å². The van der Waals surface area contributed by atoms with Gasteiger partial charge in [-0.3, -0.25) is 4.90 Å². The minimum absolute atomic E-state index is 0.162. The molecular weight excluding hydrogens is 376 g/mol. The Morgan fingerprint density at radius 3 is 2.62 bits per heavy atom. The lowest BCUT2D eigenvalue weighted by molar-refractivity contribution is -0.136. The number of benzene rings is 1. The molecule has 1 heterocycles. The SMILES string of the molecule is COC(=O)C1=C(C)N(C2CC2)C(=O)NC1c1cc(Br)ccc1OC. The Morgan fingerprint density at radius 1 is 1.33 bits per heavy atom. The quantitative estimate of drug-likeness (QED) is 0.796. The molecule has 0 aromatic heterocycles. The van der Waals surface area contributed by atoms with Gasteiger partial charge in [-0.05, 0) is 38.0 Å². The highest BCUT2D eigenvalue weighted by Gasteiger charge is 2.43. The second-order valence-electron chi connectivity index (χ2n) is 5.86. The second-order valence-corrected chi connectivity index (χ2v) is 6.78. The number of halogens is 1. The number of allylic oxidation sites excluding steroid dienone is 1. The van der Waals surface area contributed by atoms with Crippen LogP contribution in [0.2, 0.25) is 0 Å². The van der Waals surface area contributed by atoms with Crippen LogP contribution in [-0.2, 0) is 9.53 Å². The van der Waals surface area contributed by atoms with Crippen LogP contribution in [0, 0.1) is 0 Å². The number of amides is 2. The normalized spacial score (nSPS) is 20.8. The summed E-state index contributed by atoms with van der Waals surface area (Å²) < 4.78 is 11.2. The lowest BCUT2D eigenvalue weighted by Gasteiger charge is -2.35. The second kappa shape index (κ2) is 6.47. The maximum Gasteiger partial charge on any atom is 0.337 e. The molecule has 0 saturated heterocycles. The van der Waals surface area contributed by atoms with Crippen LogP contribution in [0.4, 0.5) is 4.79 Å². The van der Waals surface area contributed by atoms with E-state index in [4.69, 9.17) is 9.47 Å². The van der Waals surface area contributed by atoms with Gasteiger partial charge < -0.3 is 14.8 Å². The minimum Gasteiger partial charge on any atom is -0.496 e. The van der Waals surface area contributed by atoms with Crippen molar-refractivity contribution in [1.29, 1.82) is 0 Å². The molecule has 1 aliphatic carbocycles. The fourth-order valence-electron chi connectivity index (χ4n) is 3.07. The molecule has 1 N–H and O–H groups in total. The number of rotatable bonds is 4. The summed E-state index contributed by atoms with van der Waals surface area (Å²) >= 11 is 3.43. The highest BCUT2D eigenvalue weighted by atomic mass is 79.9. The zero-order chi connectivity index (χ0) is 17.4. The van der Waals surface area contributed by atoms with Gasteiger partial charge in [-0.1, -0.05) is 15.9 Å². The molecule has 0 radical (unpaired) electrons. The van der Waals surface area contributed by atoms with Crippen molar-refractivity contribution in [2.45, 2.75) is 31.8 Å². The molecule has 1 aromatic carbocycles. The number of hydrogen-bond acceptors (Lipinski definition) is 4. The molecule has 0 spiro atoms. The Hall–Kier alpha value is -2.02. The van der Waals surface area contributed by atoms with Gasteiger partial charge in [0.1, 0.15) is 5.75 Å². The highest BCUT2D eigenvalue weighted by Crippen LogP contribution is 2.40. The Kier molecular flexibility index (Phi) is 4.54. The molecule has 3 rings (SSSR count). The van der Waals surface area contributed by atoms with Gasteiger partial charge >= 0.3 is 12.0 Å². The number of methoxy groups -OCH3 is 2. The first-order valence-electron chi connectivity index (χ1n) is 7.70. The molecule has 2 aliphatic rings. The number of urea groups is 1. The summed E-state index contributed by atoms with van der Waals surface area (Å²) in [5, 5.41) is 2.93. The van der Waals surface area contributed by atoms with Crippen LogP contribution in [0.5, 0.6) is 5.75 Å². The number of nitrogens with one attached hydrogen (secondary N) is 1. The Bertz CT molecular complexity index is 727. The fraction of sp³-hybridized carbons (Fsp3) is 0.412. The molecule has 1 saturated carbocycles. The monoisotopic (exact) mass is 394 g/mol. The van der Waals surface area contributed by atoms with E-state index in [2.05, 4.69) is 21.2 Å². The van der Waals surface area contributed by atoms with Crippen LogP contribution >= 0.6 is 15.9 Å². The van der Waals surface area contributed by atoms with Crippen LogP contribution < -0.4 is 10.1 Å². The molecule has 1 unspecified atom stereocenters. The van der Waals surface area contributed by atoms with E-state index in [0.717, 1.165) is 17.3 Å². The fourth-order valence-corrected chi connectivity index (χ4v) is 3.45. The molecule has 1 atom stereocenters. The average Bonchev–Trinajstić information content (AvgIpc) is 3.38. The van der Waals surface area contributed by atoms with Gasteiger partial charge in [-0.2, -0.15) is 0 Å². The number of ether oxygens (including phenoxy) is 2. The van der Waals surface area contributed by atoms with Gasteiger partial charge in [0.15, 0.2) is 0 Å². The van der Waals surface area contributed by atoms with Crippen molar-refractivity contribution in [3.63, 3.8) is 0 Å². The molecule has 0 bridgehead atoms. The van der Waals surface area contributed by atoms with Crippen LogP contribution in [0.15, 0.2) is 33.9 Å². The van der Waals surface area contributed by atoms with Gasteiger partial charge in [0.2, 0.25) is 0 Å². The van der Waals surface area contributed by atoms with Crippen LogP contribution in [0.1, 0.15) is 31.4 Å². The van der Waals surface area contributed by atoms with Crippen molar-refractivity contribution in [3.8, 4) is 5.75 Å². The van der Waals surface area contributed by atoms with E-state index in [-0.39, 0.29) is 12.1 Å². The summed E-state index contributed by atoms with van der Waals surface area (Å²) in [5.41, 5.74) is 1.77. The van der Waals surface area contributed by atoms with Crippen molar-refractivity contribution < 1.29 is 19.1 Å². The smallest absolute Gasteiger partial charge is 0.337 e. The standard InChI is InChI=1S/C17H19BrN2O4/c1-9-14(16(21)24-3)15(19-17(22)20(9)11-5-6-11)12-8-10(18)4-7-13(12)23-2/h4,7-8,11,15H,5-6H2,1-3H3,(H,19,22). The molecule has 128 valence electrons. The lowest BCUT2D eigenvalue weighted by atomic mass is 9.94. The van der Waals surface area contributed by atoms with Gasteiger partial charge in [0, 0.05) is 21.8 Å². The zero-order valence-electron chi connectivity index (χ0n) is 13.8. The Labute approximate surface area is 148 Å². The number of carbonyl (C=O) groups excluding carboxylic acids is 2. The number of nitrogens with zero attached hydrogens (tertiary/aromatic N) is 1. The molecule has 1 fully saturated rings. The molecule has 6 nitrogen and oxygen atoms in total. The maximum absolute atomic E-state index is 12.6. The first kappa shape index (κ1) is 16.8. The van der Waals surface area contributed by atoms with Crippen LogP contribution in [-0.4, -0.2) is 37.2 Å². The predicted octanol–water partition coefficient (Wildman–Crippen LogP) is 3.13. The van der Waals surface area contributed by atoms with E-state index < -0.39 is 12.0 Å². The Balaban J connectivity index is 2.14. The number of hydrogen-bond donors (Lipinski definition) is 1. The van der Waals surface area contributed by atoms with Gasteiger partial charge in [0.05, 0.1) is 25.8 Å². The maximum atomic E-state index is 12.6. The molecule has 2 amide bonds. The van der Waals surface area contributed by atoms with Crippen molar-refractivity contribution in [2.75, 3.05) is 14.2 Å². The third kappa shape index (κ3) is 2.88. The summed E-state index contributed by atoms with van der Waals surface area (Å²) in [5.74, 6) is 0.141. The van der Waals surface area contributed by atoms with Crippen molar-refractivity contribution in [2.24, 2.45) is 0 Å². The van der Waals surface area contributed by atoms with Gasteiger partial charge in [-0.25, -0.2) is 9.59 Å². The summed E-state index contributed by atoms with van der Waals surface area (Å²) in [4.78, 5) is 26.7. The third-order valence-electron chi connectivity index (χ3n) is 4.35. The van der Waals surface area contributed by atoms with Crippen LogP contribution in [0.3, 0.4) is 0 Å². The number of esters is 1. The van der Waals surface area contributed by atoms with Gasteiger partial charge in [-0.15, -0.1) is 0 Å². The first-order valence-corrected chi connectivity index (χ1v) is 8.49. The third-order valence-corrected chi connectivity index (χ3v) is 4.84. The average molecular weight is 395 g/mol. The highest BCUT2D eigenvalue weighted by molar-refractivity contribution is 9.10. The summed E-state index contributed by atoms with van der Waals surface area (Å²) in [7, 11) is 2.90. The Morgan fingerprint density at radius 2 is 2.04 bits per heavy atom. The van der Waals surface area contributed by atoms with Crippen molar-refractivity contribution >= 4 is 27.9 Å². The minimum atomic E-state index is -0.618. The lowest BCUT2D eigenvalue weighted by Crippen LogP contribution is -2.48. The van der Waals surface area contributed by atoms with E-state index in [1.165, 1.54) is 7.11 Å². The summed E-state index contributed by atoms with van der Waals surface area (Å²) in [6.45, 7) is 1.79.